The number of methoxy groups -OCH3 is 1. The van der Waals surface area contributed by atoms with E-state index in [1.54, 1.807) is 19.1 Å². The van der Waals surface area contributed by atoms with Gasteiger partial charge in [0.15, 0.2) is 0 Å². The SMILES string of the molecule is C=CCNS(=O)(=O)c1cc(C(=O)Nc2nc3ccc(CN4CCCCC4)cc3n2C2CCC(C(=O)OC)CC2)ccc1C. The zero-order chi connectivity index (χ0) is 30.6. The van der Waals surface area contributed by atoms with Crippen molar-refractivity contribution in [1.29, 1.82) is 0 Å². The number of anilines is 1. The third-order valence-electron chi connectivity index (χ3n) is 8.59. The van der Waals surface area contributed by atoms with Gasteiger partial charge in [-0.05, 0) is 93.9 Å². The molecule has 2 aliphatic rings. The first-order valence-electron chi connectivity index (χ1n) is 15.0. The minimum atomic E-state index is -3.82. The van der Waals surface area contributed by atoms with Crippen molar-refractivity contribution in [3.8, 4) is 0 Å². The number of piperidine rings is 1. The lowest BCUT2D eigenvalue weighted by Crippen LogP contribution is -2.29. The molecule has 1 aliphatic carbocycles. The molecule has 2 aromatic carbocycles. The number of nitrogens with zero attached hydrogens (tertiary/aromatic N) is 3. The van der Waals surface area contributed by atoms with Gasteiger partial charge < -0.3 is 9.30 Å². The second kappa shape index (κ2) is 13.4. The van der Waals surface area contributed by atoms with E-state index in [0.717, 1.165) is 43.5 Å². The van der Waals surface area contributed by atoms with Crippen LogP contribution in [0.5, 0.6) is 0 Å². The number of rotatable bonds is 10. The van der Waals surface area contributed by atoms with Crippen molar-refractivity contribution in [1.82, 2.24) is 19.2 Å². The van der Waals surface area contributed by atoms with Crippen LogP contribution < -0.4 is 10.0 Å². The smallest absolute Gasteiger partial charge is 0.308 e. The minimum Gasteiger partial charge on any atom is -0.469 e. The molecule has 1 aromatic heterocycles. The number of hydrogen-bond acceptors (Lipinski definition) is 7. The van der Waals surface area contributed by atoms with Gasteiger partial charge in [-0.1, -0.05) is 24.6 Å². The second-order valence-electron chi connectivity index (χ2n) is 11.6. The molecule has 2 heterocycles. The second-order valence-corrected chi connectivity index (χ2v) is 13.3. The fraction of sp³-hybridized carbons (Fsp3) is 0.469. The average molecular weight is 608 g/mol. The van der Waals surface area contributed by atoms with Gasteiger partial charge in [0, 0.05) is 24.7 Å². The molecule has 1 aliphatic heterocycles. The standard InChI is InChI=1S/C32H41N5O5S/c1-4-16-33-43(40,41)29-20-25(10-8-22(29)2)30(38)35-32-34-27-15-9-23(21-36-17-6-5-7-18-36)19-28(27)37(32)26-13-11-24(12-14-26)31(39)42-3/h4,8-10,15,19-20,24,26,33H,1,5-7,11-14,16-18,21H2,2-3H3,(H,34,35,38). The summed E-state index contributed by atoms with van der Waals surface area (Å²) in [5.41, 5.74) is 3.64. The van der Waals surface area contributed by atoms with E-state index in [0.29, 0.717) is 24.4 Å². The Bertz CT molecular complexity index is 1600. The number of carbonyl (C=O) groups is 2. The predicted molar refractivity (Wildman–Crippen MR) is 166 cm³/mol. The Morgan fingerprint density at radius 1 is 1.07 bits per heavy atom. The highest BCUT2D eigenvalue weighted by molar-refractivity contribution is 7.89. The van der Waals surface area contributed by atoms with E-state index in [9.17, 15) is 18.0 Å². The normalized spacial score (nSPS) is 19.7. The van der Waals surface area contributed by atoms with Crippen LogP contribution in [-0.4, -0.2) is 61.5 Å². The number of aryl methyl sites for hydroxylation is 1. The van der Waals surface area contributed by atoms with E-state index in [1.165, 1.54) is 44.1 Å². The van der Waals surface area contributed by atoms with Crippen LogP contribution in [0.1, 0.15) is 72.5 Å². The first-order chi connectivity index (χ1) is 20.7. The maximum Gasteiger partial charge on any atom is 0.308 e. The Balaban J connectivity index is 1.47. The number of likely N-dealkylation sites (tertiary alicyclic amines) is 1. The molecule has 1 saturated carbocycles. The van der Waals surface area contributed by atoms with E-state index < -0.39 is 15.9 Å². The summed E-state index contributed by atoms with van der Waals surface area (Å²) in [6.07, 6.45) is 8.03. The molecule has 3 aromatic rings. The number of ether oxygens (including phenoxy) is 1. The van der Waals surface area contributed by atoms with Crippen LogP contribution in [0.3, 0.4) is 0 Å². The zero-order valence-electron chi connectivity index (χ0n) is 25.0. The molecule has 1 saturated heterocycles. The molecule has 10 nitrogen and oxygen atoms in total. The Morgan fingerprint density at radius 3 is 2.51 bits per heavy atom. The Hall–Kier alpha value is -3.54. The van der Waals surface area contributed by atoms with Gasteiger partial charge in [0.05, 0.1) is 29.0 Å². The summed E-state index contributed by atoms with van der Waals surface area (Å²) < 4.78 is 35.3. The molecular weight excluding hydrogens is 566 g/mol. The molecule has 0 bridgehead atoms. The molecule has 11 heteroatoms. The minimum absolute atomic E-state index is 0.0310. The highest BCUT2D eigenvalue weighted by Gasteiger charge is 2.30. The van der Waals surface area contributed by atoms with Gasteiger partial charge in [0.1, 0.15) is 0 Å². The van der Waals surface area contributed by atoms with Crippen molar-refractivity contribution < 1.29 is 22.7 Å². The lowest BCUT2D eigenvalue weighted by molar-refractivity contribution is -0.146. The van der Waals surface area contributed by atoms with Crippen molar-refractivity contribution in [2.45, 2.75) is 69.4 Å². The average Bonchev–Trinajstić information content (AvgIpc) is 3.37. The third-order valence-corrected chi connectivity index (χ3v) is 10.2. The monoisotopic (exact) mass is 607 g/mol. The van der Waals surface area contributed by atoms with Crippen molar-refractivity contribution >= 4 is 38.9 Å². The van der Waals surface area contributed by atoms with Crippen LogP contribution in [0, 0.1) is 12.8 Å². The van der Waals surface area contributed by atoms with Crippen molar-refractivity contribution in [3.63, 3.8) is 0 Å². The molecule has 230 valence electrons. The summed E-state index contributed by atoms with van der Waals surface area (Å²) in [5.74, 6) is -0.356. The number of sulfonamides is 1. The van der Waals surface area contributed by atoms with Crippen molar-refractivity contribution in [2.24, 2.45) is 5.92 Å². The molecule has 0 spiro atoms. The topological polar surface area (TPSA) is 123 Å². The molecule has 0 unspecified atom stereocenters. The van der Waals surface area contributed by atoms with Crippen molar-refractivity contribution in [2.75, 3.05) is 32.1 Å². The summed E-state index contributed by atoms with van der Waals surface area (Å²) in [6, 6.07) is 10.9. The van der Waals surface area contributed by atoms with Crippen LogP contribution in [0.4, 0.5) is 5.95 Å². The van der Waals surface area contributed by atoms with Gasteiger partial charge in [-0.15, -0.1) is 6.58 Å². The number of carbonyl (C=O) groups excluding carboxylic acids is 2. The van der Waals surface area contributed by atoms with Gasteiger partial charge >= 0.3 is 5.97 Å². The molecule has 2 fully saturated rings. The molecular formula is C32H41N5O5S. The number of fused-ring (bicyclic) bond motifs is 1. The van der Waals surface area contributed by atoms with E-state index in [2.05, 4.69) is 38.2 Å². The van der Waals surface area contributed by atoms with Crippen molar-refractivity contribution in [3.05, 3.63) is 65.7 Å². The quantitative estimate of drug-likeness (QED) is 0.247. The van der Waals surface area contributed by atoms with Crippen LogP contribution in [0.25, 0.3) is 11.0 Å². The summed E-state index contributed by atoms with van der Waals surface area (Å²) in [4.78, 5) is 33.1. The summed E-state index contributed by atoms with van der Waals surface area (Å²) in [6.45, 7) is 8.38. The number of esters is 1. The fourth-order valence-corrected chi connectivity index (χ4v) is 7.52. The molecule has 1 amide bonds. The maximum atomic E-state index is 13.6. The number of nitrogens with one attached hydrogen (secondary N) is 2. The Labute approximate surface area is 253 Å². The van der Waals surface area contributed by atoms with Gasteiger partial charge in [0.25, 0.3) is 5.91 Å². The molecule has 5 rings (SSSR count). The van der Waals surface area contributed by atoms with Gasteiger partial charge in [-0.25, -0.2) is 18.1 Å². The third kappa shape index (κ3) is 7.00. The Kier molecular flexibility index (Phi) is 9.63. The van der Waals surface area contributed by atoms with Gasteiger partial charge in [0.2, 0.25) is 16.0 Å². The van der Waals surface area contributed by atoms with Crippen LogP contribution in [0.15, 0.2) is 53.9 Å². The van der Waals surface area contributed by atoms with Crippen LogP contribution in [-0.2, 0) is 26.1 Å². The fourth-order valence-electron chi connectivity index (χ4n) is 6.26. The van der Waals surface area contributed by atoms with Gasteiger partial charge in [-0.3, -0.25) is 19.8 Å². The van der Waals surface area contributed by atoms with E-state index in [4.69, 9.17) is 9.72 Å². The van der Waals surface area contributed by atoms with Gasteiger partial charge in [-0.2, -0.15) is 0 Å². The number of hydrogen-bond donors (Lipinski definition) is 2. The molecule has 0 radical (unpaired) electrons. The van der Waals surface area contributed by atoms with Crippen LogP contribution >= 0.6 is 0 Å². The molecule has 2 N–H and O–H groups in total. The molecule has 0 atom stereocenters. The zero-order valence-corrected chi connectivity index (χ0v) is 25.8. The highest BCUT2D eigenvalue weighted by Crippen LogP contribution is 2.37. The summed E-state index contributed by atoms with van der Waals surface area (Å²) >= 11 is 0. The largest absolute Gasteiger partial charge is 0.469 e. The van der Waals surface area contributed by atoms with E-state index >= 15 is 0 Å². The van der Waals surface area contributed by atoms with Crippen LogP contribution in [0.2, 0.25) is 0 Å². The molecule has 43 heavy (non-hydrogen) atoms. The Morgan fingerprint density at radius 2 is 1.81 bits per heavy atom. The lowest BCUT2D eigenvalue weighted by atomic mass is 9.86. The first-order valence-corrected chi connectivity index (χ1v) is 16.5. The number of amides is 1. The van der Waals surface area contributed by atoms with E-state index in [-0.39, 0.29) is 34.9 Å². The summed E-state index contributed by atoms with van der Waals surface area (Å²) in [7, 11) is -2.40. The number of aromatic nitrogens is 2. The summed E-state index contributed by atoms with van der Waals surface area (Å²) in [5, 5.41) is 2.98. The number of imidazole rings is 1. The predicted octanol–water partition coefficient (Wildman–Crippen LogP) is 4.95. The first kappa shape index (κ1) is 30.9. The van der Waals surface area contributed by atoms with E-state index in [1.807, 2.05) is 6.07 Å². The highest BCUT2D eigenvalue weighted by atomic mass is 32.2. The lowest BCUT2D eigenvalue weighted by Gasteiger charge is -2.29. The maximum absolute atomic E-state index is 13.6. The number of benzene rings is 2.